The van der Waals surface area contributed by atoms with Gasteiger partial charge in [-0.2, -0.15) is 0 Å². The number of rotatable bonds is 48. The molecule has 0 spiro atoms. The van der Waals surface area contributed by atoms with Gasteiger partial charge in [-0.25, -0.2) is 4.79 Å². The van der Waals surface area contributed by atoms with Crippen LogP contribution in [0.2, 0.25) is 0 Å². The fourth-order valence-electron chi connectivity index (χ4n) is 8.23. The quantitative estimate of drug-likeness (QED) is 0.0228. The number of aliphatic hydroxyl groups excluding tert-OH is 2. The minimum Gasteiger partial charge on any atom is -0.479 e. The summed E-state index contributed by atoms with van der Waals surface area (Å²) in [5, 5.41) is 31.4. The van der Waals surface area contributed by atoms with Crippen molar-refractivity contribution >= 4 is 23.9 Å². The highest BCUT2D eigenvalue weighted by Gasteiger charge is 2.50. The Morgan fingerprint density at radius 2 is 0.840 bits per heavy atom. The van der Waals surface area contributed by atoms with Gasteiger partial charge in [-0.05, 0) is 96.3 Å². The first-order valence-electron chi connectivity index (χ1n) is 29.2. The molecule has 0 aromatic heterocycles. The molecular formula is C63H102O12. The van der Waals surface area contributed by atoms with Crippen molar-refractivity contribution in [3.63, 3.8) is 0 Å². The van der Waals surface area contributed by atoms with Gasteiger partial charge in [0.1, 0.15) is 18.8 Å². The predicted octanol–water partition coefficient (Wildman–Crippen LogP) is 14.9. The van der Waals surface area contributed by atoms with Crippen molar-refractivity contribution in [2.45, 2.75) is 263 Å². The smallest absolute Gasteiger partial charge is 0.335 e. The van der Waals surface area contributed by atoms with Crippen LogP contribution in [0.4, 0.5) is 0 Å². The molecule has 1 aliphatic rings. The van der Waals surface area contributed by atoms with Gasteiger partial charge in [0.2, 0.25) is 0 Å². The van der Waals surface area contributed by atoms with E-state index in [2.05, 4.69) is 118 Å². The van der Waals surface area contributed by atoms with E-state index in [1.807, 2.05) is 0 Å². The lowest BCUT2D eigenvalue weighted by atomic mass is 9.98. The number of ether oxygens (including phenoxy) is 5. The largest absolute Gasteiger partial charge is 0.479 e. The number of hydrogen-bond acceptors (Lipinski definition) is 11. The lowest BCUT2D eigenvalue weighted by Gasteiger charge is -2.40. The second-order valence-electron chi connectivity index (χ2n) is 19.5. The molecule has 3 N–H and O–H groups in total. The Labute approximate surface area is 453 Å². The maximum absolute atomic E-state index is 13.1. The Hall–Kier alpha value is -4.36. The highest BCUT2D eigenvalue weighted by atomic mass is 16.7. The van der Waals surface area contributed by atoms with Crippen molar-refractivity contribution in [3.05, 3.63) is 97.2 Å². The Kier molecular flexibility index (Phi) is 46.2. The van der Waals surface area contributed by atoms with E-state index in [-0.39, 0.29) is 25.9 Å². The Morgan fingerprint density at radius 3 is 1.28 bits per heavy atom. The molecule has 6 atom stereocenters. The number of aliphatic hydroxyl groups is 2. The minimum absolute atomic E-state index is 0.0521. The van der Waals surface area contributed by atoms with Gasteiger partial charge in [0.25, 0.3) is 0 Å². The standard InChI is InChI=1S/C63H102O12/c1-4-7-10-13-16-19-22-25-26-27-28-29-30-33-34-37-40-43-46-49-55(64)71-52-54(73-56(65)50-47-44-41-38-35-31-23-20-17-14-11-8-5-2)53-72-63-61(59(68)58(67)60(75-63)62(69)70)74-57(66)51-48-45-42-39-36-32-24-21-18-15-12-9-6-3/h7-8,10-11,16-17,19-20,25-26,28-29,31,33-35,54,58-61,63,67-68H,4-6,9,12-15,18,21-24,27,30,32,36-53H2,1-3H3,(H,69,70)/b10-7-,11-8-,19-16-,20-17-,26-25-,29-28-,34-33-,35-31-. The summed E-state index contributed by atoms with van der Waals surface area (Å²) in [4.78, 5) is 51.1. The van der Waals surface area contributed by atoms with Crippen LogP contribution in [0, 0.1) is 0 Å². The second kappa shape index (κ2) is 50.5. The normalized spacial score (nSPS) is 18.9. The molecule has 0 aromatic rings. The molecule has 1 aliphatic heterocycles. The van der Waals surface area contributed by atoms with Crippen molar-refractivity contribution in [1.29, 1.82) is 0 Å². The molecule has 1 rings (SSSR count). The van der Waals surface area contributed by atoms with Gasteiger partial charge in [-0.3, -0.25) is 14.4 Å². The van der Waals surface area contributed by atoms with E-state index in [0.29, 0.717) is 19.3 Å². The van der Waals surface area contributed by atoms with Gasteiger partial charge in [-0.1, -0.05) is 208 Å². The van der Waals surface area contributed by atoms with Crippen LogP contribution in [-0.4, -0.2) is 89.2 Å². The lowest BCUT2D eigenvalue weighted by Crippen LogP contribution is -2.61. The zero-order chi connectivity index (χ0) is 54.7. The van der Waals surface area contributed by atoms with Crippen molar-refractivity contribution < 1.29 is 58.2 Å². The number of carboxylic acid groups (broad SMARTS) is 1. The van der Waals surface area contributed by atoms with Gasteiger partial charge in [0, 0.05) is 19.3 Å². The summed E-state index contributed by atoms with van der Waals surface area (Å²) in [6.45, 7) is 5.70. The average Bonchev–Trinajstić information content (AvgIpc) is 3.39. The highest BCUT2D eigenvalue weighted by Crippen LogP contribution is 2.26. The molecule has 12 heteroatoms. The molecule has 1 heterocycles. The third kappa shape index (κ3) is 40.6. The van der Waals surface area contributed by atoms with Gasteiger partial charge in [0.05, 0.1) is 6.61 Å². The number of carboxylic acids is 1. The average molecular weight is 1050 g/mol. The second-order valence-corrected chi connectivity index (χ2v) is 19.5. The number of carbonyl (C=O) groups is 4. The SMILES string of the molecule is CC/C=C\C/C=C\C/C=C\C/C=C\C/C=C\CCCCCC(=O)OCC(COC1OC(C(=O)O)C(O)C(O)C1OC(=O)CCCCCCCCCCCCCCC)OC(=O)CCCCC/C=C\C/C=C\C/C=C\CC. The third-order valence-corrected chi connectivity index (χ3v) is 12.7. The fourth-order valence-corrected chi connectivity index (χ4v) is 8.23. The fraction of sp³-hybridized carbons (Fsp3) is 0.683. The van der Waals surface area contributed by atoms with Crippen molar-refractivity contribution in [2.24, 2.45) is 0 Å². The molecule has 1 saturated heterocycles. The summed E-state index contributed by atoms with van der Waals surface area (Å²) in [5.41, 5.74) is 0. The molecule has 0 aromatic carbocycles. The number of esters is 3. The monoisotopic (exact) mass is 1050 g/mol. The molecule has 12 nitrogen and oxygen atoms in total. The van der Waals surface area contributed by atoms with Crippen molar-refractivity contribution in [2.75, 3.05) is 13.2 Å². The number of aliphatic carboxylic acids is 1. The Balaban J connectivity index is 2.73. The van der Waals surface area contributed by atoms with Crippen molar-refractivity contribution in [3.8, 4) is 0 Å². The summed E-state index contributed by atoms with van der Waals surface area (Å²) in [7, 11) is 0. The molecule has 75 heavy (non-hydrogen) atoms. The van der Waals surface area contributed by atoms with Gasteiger partial charge in [-0.15, -0.1) is 0 Å². The molecular weight excluding hydrogens is 949 g/mol. The number of allylic oxidation sites excluding steroid dienone is 16. The summed E-state index contributed by atoms with van der Waals surface area (Å²) >= 11 is 0. The maximum Gasteiger partial charge on any atom is 0.335 e. The summed E-state index contributed by atoms with van der Waals surface area (Å²) in [6, 6.07) is 0. The Bertz CT molecular complexity index is 1670. The van der Waals surface area contributed by atoms with E-state index in [0.717, 1.165) is 116 Å². The van der Waals surface area contributed by atoms with Crippen LogP contribution in [0.1, 0.15) is 226 Å². The number of hydrogen-bond donors (Lipinski definition) is 3. The zero-order valence-electron chi connectivity index (χ0n) is 46.8. The van der Waals surface area contributed by atoms with Crippen LogP contribution in [0.25, 0.3) is 0 Å². The topological polar surface area (TPSA) is 175 Å². The van der Waals surface area contributed by atoms with Gasteiger partial charge < -0.3 is 39.0 Å². The first-order chi connectivity index (χ1) is 36.6. The lowest BCUT2D eigenvalue weighted by molar-refractivity contribution is -0.301. The van der Waals surface area contributed by atoms with E-state index < -0.39 is 67.3 Å². The van der Waals surface area contributed by atoms with E-state index in [9.17, 15) is 34.5 Å². The molecule has 0 radical (unpaired) electrons. The first-order valence-corrected chi connectivity index (χ1v) is 29.2. The molecule has 426 valence electrons. The number of unbranched alkanes of at least 4 members (excludes halogenated alkanes) is 18. The maximum atomic E-state index is 13.1. The summed E-state index contributed by atoms with van der Waals surface area (Å²) in [5.74, 6) is -3.21. The predicted molar refractivity (Wildman–Crippen MR) is 303 cm³/mol. The molecule has 1 fully saturated rings. The van der Waals surface area contributed by atoms with E-state index in [4.69, 9.17) is 23.7 Å². The van der Waals surface area contributed by atoms with Crippen LogP contribution in [0.3, 0.4) is 0 Å². The minimum atomic E-state index is -1.91. The van der Waals surface area contributed by atoms with Crippen molar-refractivity contribution in [1.82, 2.24) is 0 Å². The first kappa shape index (κ1) is 68.7. The third-order valence-electron chi connectivity index (χ3n) is 12.7. The van der Waals surface area contributed by atoms with E-state index in [1.165, 1.54) is 51.4 Å². The zero-order valence-corrected chi connectivity index (χ0v) is 46.8. The Morgan fingerprint density at radius 1 is 0.453 bits per heavy atom. The summed E-state index contributed by atoms with van der Waals surface area (Å²) < 4.78 is 28.3. The van der Waals surface area contributed by atoms with E-state index >= 15 is 0 Å². The van der Waals surface area contributed by atoms with E-state index in [1.54, 1.807) is 0 Å². The van der Waals surface area contributed by atoms with Gasteiger partial charge in [0.15, 0.2) is 24.6 Å². The summed E-state index contributed by atoms with van der Waals surface area (Å²) in [6.07, 6.45) is 53.8. The molecule has 0 aliphatic carbocycles. The van der Waals surface area contributed by atoms with Crippen LogP contribution in [0.5, 0.6) is 0 Å². The van der Waals surface area contributed by atoms with Crippen LogP contribution < -0.4 is 0 Å². The molecule has 0 saturated carbocycles. The number of carbonyl (C=O) groups excluding carboxylic acids is 3. The van der Waals surface area contributed by atoms with Crippen LogP contribution in [0.15, 0.2) is 97.2 Å². The highest BCUT2D eigenvalue weighted by molar-refractivity contribution is 5.74. The van der Waals surface area contributed by atoms with Gasteiger partial charge >= 0.3 is 23.9 Å². The molecule has 0 amide bonds. The molecule has 6 unspecified atom stereocenters. The van der Waals surface area contributed by atoms with Crippen LogP contribution >= 0.6 is 0 Å². The molecule has 0 bridgehead atoms. The van der Waals surface area contributed by atoms with Crippen LogP contribution in [-0.2, 0) is 42.9 Å².